The Morgan fingerprint density at radius 1 is 1.20 bits per heavy atom. The van der Waals surface area contributed by atoms with Crippen molar-refractivity contribution in [3.8, 4) is 0 Å². The lowest BCUT2D eigenvalue weighted by atomic mass is 10.4. The Hall–Kier alpha value is -0.940. The molecule has 2 aromatic heterocycles. The normalized spacial score (nSPS) is 10.3. The topological polar surface area (TPSA) is 38.7 Å². The number of nitrogens with zero attached hydrogens (tertiary/aromatic N) is 3. The van der Waals surface area contributed by atoms with Crippen LogP contribution >= 0.6 is 27.7 Å². The van der Waals surface area contributed by atoms with Crippen LogP contribution in [0.15, 0.2) is 45.2 Å². The Morgan fingerprint density at radius 3 is 2.73 bits per heavy atom. The number of hydrogen-bond acceptors (Lipinski definition) is 4. The van der Waals surface area contributed by atoms with Crippen LogP contribution in [0.4, 0.5) is 0 Å². The van der Waals surface area contributed by atoms with Gasteiger partial charge in [-0.3, -0.25) is 0 Å². The van der Waals surface area contributed by atoms with Crippen LogP contribution < -0.4 is 0 Å². The first-order valence-corrected chi connectivity index (χ1v) is 5.93. The molecule has 0 aromatic carbocycles. The Bertz CT molecular complexity index is 461. The van der Waals surface area contributed by atoms with E-state index in [0.29, 0.717) is 0 Å². The van der Waals surface area contributed by atoms with Gasteiger partial charge in [-0.2, -0.15) is 0 Å². The maximum atomic E-state index is 4.42. The molecule has 0 saturated carbocycles. The van der Waals surface area contributed by atoms with E-state index in [0.717, 1.165) is 20.2 Å². The zero-order valence-electron chi connectivity index (χ0n) is 8.01. The van der Waals surface area contributed by atoms with Crippen LogP contribution in [0.3, 0.4) is 0 Å². The molecule has 0 atom stereocenters. The highest BCUT2D eigenvalue weighted by Crippen LogP contribution is 2.25. The molecule has 0 aliphatic heterocycles. The number of halogens is 1. The van der Waals surface area contributed by atoms with E-state index in [1.54, 1.807) is 6.20 Å². The van der Waals surface area contributed by atoms with Gasteiger partial charge in [0.2, 0.25) is 0 Å². The fourth-order valence-corrected chi connectivity index (χ4v) is 2.01. The molecule has 0 fully saturated rings. The second-order valence-corrected chi connectivity index (χ2v) is 4.76. The van der Waals surface area contributed by atoms with Crippen LogP contribution in [-0.2, 0) is 0 Å². The molecule has 0 bridgehead atoms. The average molecular weight is 282 g/mol. The van der Waals surface area contributed by atoms with Crippen molar-refractivity contribution in [2.24, 2.45) is 0 Å². The van der Waals surface area contributed by atoms with E-state index < -0.39 is 0 Å². The molecule has 5 heteroatoms. The van der Waals surface area contributed by atoms with Gasteiger partial charge in [0.25, 0.3) is 0 Å². The summed E-state index contributed by atoms with van der Waals surface area (Å²) in [6.45, 7) is 1.97. The van der Waals surface area contributed by atoms with Crippen LogP contribution in [0.5, 0.6) is 0 Å². The lowest BCUT2D eigenvalue weighted by Crippen LogP contribution is -1.87. The summed E-state index contributed by atoms with van der Waals surface area (Å²) in [6.07, 6.45) is 3.26. The zero-order valence-corrected chi connectivity index (χ0v) is 10.4. The van der Waals surface area contributed by atoms with E-state index in [1.165, 1.54) is 18.1 Å². The molecule has 0 saturated heterocycles. The minimum atomic E-state index is 0.902. The van der Waals surface area contributed by atoms with Crippen molar-refractivity contribution >= 4 is 27.7 Å². The van der Waals surface area contributed by atoms with Gasteiger partial charge in [-0.15, -0.1) is 0 Å². The van der Waals surface area contributed by atoms with E-state index in [2.05, 4.69) is 30.9 Å². The number of rotatable bonds is 2. The zero-order chi connectivity index (χ0) is 10.7. The second-order valence-electron chi connectivity index (χ2n) is 2.87. The first kappa shape index (κ1) is 10.6. The molecule has 0 amide bonds. The third-order valence-electron chi connectivity index (χ3n) is 1.76. The second kappa shape index (κ2) is 4.72. The van der Waals surface area contributed by atoms with Gasteiger partial charge < -0.3 is 0 Å². The van der Waals surface area contributed by atoms with Crippen LogP contribution in [0.25, 0.3) is 0 Å². The number of hydrogen-bond donors (Lipinski definition) is 0. The first-order chi connectivity index (χ1) is 7.25. The summed E-state index contributed by atoms with van der Waals surface area (Å²) in [6, 6.07) is 5.82. The van der Waals surface area contributed by atoms with Gasteiger partial charge in [0.1, 0.15) is 16.4 Å². The molecule has 2 aromatic rings. The fourth-order valence-electron chi connectivity index (χ4n) is 1.02. The van der Waals surface area contributed by atoms with Crippen molar-refractivity contribution in [2.45, 2.75) is 17.0 Å². The highest BCUT2D eigenvalue weighted by Gasteiger charge is 2.01. The molecule has 0 aliphatic carbocycles. The van der Waals surface area contributed by atoms with Crippen LogP contribution in [0.1, 0.15) is 5.69 Å². The average Bonchev–Trinajstić information content (AvgIpc) is 2.25. The molecule has 2 rings (SSSR count). The largest absolute Gasteiger partial charge is 0.245 e. The lowest BCUT2D eigenvalue weighted by molar-refractivity contribution is 1.02. The number of pyridine rings is 1. The fraction of sp³-hybridized carbons (Fsp3) is 0.100. The quantitative estimate of drug-likeness (QED) is 0.793. The molecule has 0 aliphatic rings. The van der Waals surface area contributed by atoms with Gasteiger partial charge in [0.15, 0.2) is 0 Å². The van der Waals surface area contributed by atoms with Gasteiger partial charge in [0.05, 0.1) is 5.69 Å². The summed E-state index contributed by atoms with van der Waals surface area (Å²) < 4.78 is 1.02. The first-order valence-electron chi connectivity index (χ1n) is 4.33. The molecule has 76 valence electrons. The van der Waals surface area contributed by atoms with Gasteiger partial charge >= 0.3 is 0 Å². The van der Waals surface area contributed by atoms with Crippen LogP contribution in [0, 0.1) is 6.92 Å². The summed E-state index contributed by atoms with van der Waals surface area (Å²) >= 11 is 4.94. The Morgan fingerprint density at radius 2 is 2.07 bits per heavy atom. The molecule has 0 spiro atoms. The molecule has 0 radical (unpaired) electrons. The predicted octanol–water partition coefficient (Wildman–Crippen LogP) is 3.09. The van der Waals surface area contributed by atoms with E-state index in [1.807, 2.05) is 25.1 Å². The number of aromatic nitrogens is 3. The monoisotopic (exact) mass is 281 g/mol. The number of aryl methyl sites for hydroxylation is 1. The SMILES string of the molecule is Cc1nc(Sc2ccncn2)ccc1Br. The summed E-state index contributed by atoms with van der Waals surface area (Å²) in [5.41, 5.74) is 0.981. The predicted molar refractivity (Wildman–Crippen MR) is 62.8 cm³/mol. The summed E-state index contributed by atoms with van der Waals surface area (Å²) in [7, 11) is 0. The van der Waals surface area contributed by atoms with Gasteiger partial charge in [0, 0.05) is 10.7 Å². The van der Waals surface area contributed by atoms with Crippen molar-refractivity contribution in [1.82, 2.24) is 15.0 Å². The van der Waals surface area contributed by atoms with Crippen molar-refractivity contribution in [2.75, 3.05) is 0 Å². The highest BCUT2D eigenvalue weighted by atomic mass is 79.9. The van der Waals surface area contributed by atoms with Crippen LogP contribution in [-0.4, -0.2) is 15.0 Å². The van der Waals surface area contributed by atoms with Crippen molar-refractivity contribution < 1.29 is 0 Å². The van der Waals surface area contributed by atoms with Crippen LogP contribution in [0.2, 0.25) is 0 Å². The minimum Gasteiger partial charge on any atom is -0.245 e. The van der Waals surface area contributed by atoms with Gasteiger partial charge in [-0.1, -0.05) is 0 Å². The summed E-state index contributed by atoms with van der Waals surface area (Å²) in [5, 5.41) is 1.84. The Kier molecular flexibility index (Phi) is 3.33. The van der Waals surface area contributed by atoms with Gasteiger partial charge in [-0.05, 0) is 52.8 Å². The maximum absolute atomic E-state index is 4.42. The molecular formula is C10H8BrN3S. The van der Waals surface area contributed by atoms with E-state index in [4.69, 9.17) is 0 Å². The highest BCUT2D eigenvalue weighted by molar-refractivity contribution is 9.10. The smallest absolute Gasteiger partial charge is 0.116 e. The molecular weight excluding hydrogens is 274 g/mol. The standard InChI is InChI=1S/C10H8BrN3S/c1-7-8(11)2-3-10(14-7)15-9-4-5-12-6-13-9/h2-6H,1H3. The maximum Gasteiger partial charge on any atom is 0.116 e. The van der Waals surface area contributed by atoms with E-state index in [-0.39, 0.29) is 0 Å². The molecule has 3 nitrogen and oxygen atoms in total. The Balaban J connectivity index is 2.22. The third-order valence-corrected chi connectivity index (χ3v) is 3.49. The van der Waals surface area contributed by atoms with Crippen molar-refractivity contribution in [3.63, 3.8) is 0 Å². The summed E-state index contributed by atoms with van der Waals surface area (Å²) in [4.78, 5) is 12.4. The third kappa shape index (κ3) is 2.76. The minimum absolute atomic E-state index is 0.902. The lowest BCUT2D eigenvalue weighted by Gasteiger charge is -2.01. The molecule has 0 unspecified atom stereocenters. The van der Waals surface area contributed by atoms with E-state index in [9.17, 15) is 0 Å². The Labute approximate surface area is 101 Å². The van der Waals surface area contributed by atoms with E-state index >= 15 is 0 Å². The van der Waals surface area contributed by atoms with Crippen molar-refractivity contribution in [3.05, 3.63) is 40.9 Å². The molecule has 15 heavy (non-hydrogen) atoms. The molecule has 0 N–H and O–H groups in total. The van der Waals surface area contributed by atoms with Crippen molar-refractivity contribution in [1.29, 1.82) is 0 Å². The summed E-state index contributed by atoms with van der Waals surface area (Å²) in [5.74, 6) is 0. The molecule has 2 heterocycles. The van der Waals surface area contributed by atoms with Gasteiger partial charge in [-0.25, -0.2) is 15.0 Å².